The molecule has 1 atom stereocenters. The lowest BCUT2D eigenvalue weighted by molar-refractivity contribution is -0.140. The van der Waals surface area contributed by atoms with Gasteiger partial charge in [0.15, 0.2) is 0 Å². The molecule has 1 aromatic rings. The van der Waals surface area contributed by atoms with Crippen molar-refractivity contribution in [3.8, 4) is 0 Å². The average molecular weight is 330 g/mol. The van der Waals surface area contributed by atoms with Crippen molar-refractivity contribution in [1.82, 2.24) is 19.6 Å². The van der Waals surface area contributed by atoms with Gasteiger partial charge in [-0.3, -0.25) is 14.3 Å². The number of nitrogens with zero attached hydrogens (tertiary/aromatic N) is 4. The van der Waals surface area contributed by atoms with Gasteiger partial charge in [-0.2, -0.15) is 5.10 Å². The van der Waals surface area contributed by atoms with Crippen LogP contribution in [0.2, 0.25) is 0 Å². The molecule has 2 amide bonds. The van der Waals surface area contributed by atoms with Crippen LogP contribution in [0.5, 0.6) is 0 Å². The van der Waals surface area contributed by atoms with Crippen LogP contribution in [0.1, 0.15) is 37.2 Å². The van der Waals surface area contributed by atoms with Crippen LogP contribution in [0.3, 0.4) is 0 Å². The predicted octanol–water partition coefficient (Wildman–Crippen LogP) is 1.55. The van der Waals surface area contributed by atoms with Crippen LogP contribution in [0.25, 0.3) is 0 Å². The van der Waals surface area contributed by atoms with Crippen molar-refractivity contribution in [1.29, 1.82) is 0 Å². The molecule has 6 nitrogen and oxygen atoms in total. The third kappa shape index (κ3) is 3.52. The molecule has 0 aromatic carbocycles. The molecule has 6 heteroatoms. The minimum atomic E-state index is -0.0319. The summed E-state index contributed by atoms with van der Waals surface area (Å²) >= 11 is 0. The Bertz CT molecular complexity index is 616. The van der Waals surface area contributed by atoms with E-state index in [-0.39, 0.29) is 17.7 Å². The maximum Gasteiger partial charge on any atom is 0.245 e. The van der Waals surface area contributed by atoms with Crippen molar-refractivity contribution >= 4 is 11.8 Å². The van der Waals surface area contributed by atoms with Crippen LogP contribution in [-0.2, 0) is 16.6 Å². The topological polar surface area (TPSA) is 58.4 Å². The van der Waals surface area contributed by atoms with E-state index in [0.717, 1.165) is 38.8 Å². The summed E-state index contributed by atoms with van der Waals surface area (Å²) in [5.41, 5.74) is 1.22. The van der Waals surface area contributed by atoms with E-state index in [2.05, 4.69) is 17.9 Å². The first-order chi connectivity index (χ1) is 11.6. The van der Waals surface area contributed by atoms with E-state index in [1.807, 2.05) is 22.8 Å². The third-order valence-electron chi connectivity index (χ3n) is 5.26. The molecule has 3 heterocycles. The molecule has 0 radical (unpaired) electrons. The molecule has 2 fully saturated rings. The minimum absolute atomic E-state index is 0.0319. The van der Waals surface area contributed by atoms with Gasteiger partial charge in [0.05, 0.1) is 6.20 Å². The summed E-state index contributed by atoms with van der Waals surface area (Å²) in [5.74, 6) is 0.662. The Morgan fingerprint density at radius 3 is 2.58 bits per heavy atom. The Kier molecular flexibility index (Phi) is 5.02. The van der Waals surface area contributed by atoms with Crippen molar-refractivity contribution in [2.75, 3.05) is 26.2 Å². The summed E-state index contributed by atoms with van der Waals surface area (Å²) in [6.07, 6.45) is 8.99. The van der Waals surface area contributed by atoms with Crippen molar-refractivity contribution in [3.05, 3.63) is 30.6 Å². The Morgan fingerprint density at radius 1 is 1.21 bits per heavy atom. The standard InChI is InChI=1S/C18H26N4O2/c1-3-17(23)21-9-6-14(7-10-21)18(24)22-8-4-5-15(13-22)16-11-19-20(2)12-16/h3,11-12,14-15H,1,4-10,13H2,2H3. The first-order valence-corrected chi connectivity index (χ1v) is 8.77. The Hall–Kier alpha value is -2.11. The van der Waals surface area contributed by atoms with Gasteiger partial charge in [-0.05, 0) is 37.3 Å². The highest BCUT2D eigenvalue weighted by molar-refractivity contribution is 5.87. The molecule has 2 saturated heterocycles. The molecule has 0 N–H and O–H groups in total. The smallest absolute Gasteiger partial charge is 0.245 e. The zero-order chi connectivity index (χ0) is 17.1. The molecular formula is C18H26N4O2. The normalized spacial score (nSPS) is 22.5. The molecule has 0 bridgehead atoms. The summed E-state index contributed by atoms with van der Waals surface area (Å²) in [6, 6.07) is 0. The molecule has 0 aliphatic carbocycles. The van der Waals surface area contributed by atoms with E-state index in [1.54, 1.807) is 4.90 Å². The highest BCUT2D eigenvalue weighted by Crippen LogP contribution is 2.29. The third-order valence-corrected chi connectivity index (χ3v) is 5.26. The molecular weight excluding hydrogens is 304 g/mol. The molecule has 2 aliphatic rings. The second-order valence-electron chi connectivity index (χ2n) is 6.87. The van der Waals surface area contributed by atoms with E-state index in [9.17, 15) is 9.59 Å². The van der Waals surface area contributed by atoms with E-state index in [0.29, 0.717) is 19.0 Å². The van der Waals surface area contributed by atoms with Gasteiger partial charge in [0.1, 0.15) is 0 Å². The maximum atomic E-state index is 12.9. The van der Waals surface area contributed by atoms with Crippen molar-refractivity contribution in [3.63, 3.8) is 0 Å². The number of piperidine rings is 2. The van der Waals surface area contributed by atoms with Gasteiger partial charge in [0.2, 0.25) is 11.8 Å². The molecule has 24 heavy (non-hydrogen) atoms. The highest BCUT2D eigenvalue weighted by Gasteiger charge is 2.32. The lowest BCUT2D eigenvalue weighted by atomic mass is 9.90. The Labute approximate surface area is 143 Å². The van der Waals surface area contributed by atoms with Crippen molar-refractivity contribution in [2.45, 2.75) is 31.6 Å². The summed E-state index contributed by atoms with van der Waals surface area (Å²) < 4.78 is 1.82. The molecule has 1 unspecified atom stereocenters. The molecule has 3 rings (SSSR count). The monoisotopic (exact) mass is 330 g/mol. The molecule has 0 saturated carbocycles. The lowest BCUT2D eigenvalue weighted by Gasteiger charge is -2.37. The number of hydrogen-bond acceptors (Lipinski definition) is 3. The maximum absolute atomic E-state index is 12.9. The SMILES string of the molecule is C=CC(=O)N1CCC(C(=O)N2CCCC(c3cnn(C)c3)C2)CC1. The molecule has 1 aromatic heterocycles. The summed E-state index contributed by atoms with van der Waals surface area (Å²) in [5, 5.41) is 4.25. The second kappa shape index (κ2) is 7.20. The van der Waals surface area contributed by atoms with Crippen LogP contribution in [-0.4, -0.2) is 57.6 Å². The first kappa shape index (κ1) is 16.7. The average Bonchev–Trinajstić information content (AvgIpc) is 3.07. The van der Waals surface area contributed by atoms with Crippen molar-refractivity contribution in [2.24, 2.45) is 13.0 Å². The van der Waals surface area contributed by atoms with Crippen LogP contribution in [0.4, 0.5) is 0 Å². The number of rotatable bonds is 3. The van der Waals surface area contributed by atoms with Crippen LogP contribution in [0.15, 0.2) is 25.0 Å². The number of likely N-dealkylation sites (tertiary alicyclic amines) is 2. The molecule has 0 spiro atoms. The van der Waals surface area contributed by atoms with Crippen molar-refractivity contribution < 1.29 is 9.59 Å². The lowest BCUT2D eigenvalue weighted by Crippen LogP contribution is -2.46. The van der Waals surface area contributed by atoms with E-state index >= 15 is 0 Å². The highest BCUT2D eigenvalue weighted by atomic mass is 16.2. The van der Waals surface area contributed by atoms with E-state index < -0.39 is 0 Å². The zero-order valence-electron chi connectivity index (χ0n) is 14.4. The van der Waals surface area contributed by atoms with Gasteiger partial charge in [0.25, 0.3) is 0 Å². The number of carbonyl (C=O) groups excluding carboxylic acids is 2. The number of carbonyl (C=O) groups is 2. The van der Waals surface area contributed by atoms with E-state index in [1.165, 1.54) is 11.6 Å². The largest absolute Gasteiger partial charge is 0.342 e. The number of amides is 2. The summed E-state index contributed by atoms with van der Waals surface area (Å²) in [7, 11) is 1.92. The van der Waals surface area contributed by atoms with Gasteiger partial charge in [0, 0.05) is 51.3 Å². The van der Waals surface area contributed by atoms with Gasteiger partial charge < -0.3 is 9.80 Å². The van der Waals surface area contributed by atoms with Gasteiger partial charge in [-0.15, -0.1) is 0 Å². The van der Waals surface area contributed by atoms with Crippen LogP contribution >= 0.6 is 0 Å². The second-order valence-corrected chi connectivity index (χ2v) is 6.87. The minimum Gasteiger partial charge on any atom is -0.342 e. The molecule has 2 aliphatic heterocycles. The Morgan fingerprint density at radius 2 is 1.96 bits per heavy atom. The fraction of sp³-hybridized carbons (Fsp3) is 0.611. The van der Waals surface area contributed by atoms with Gasteiger partial charge in [-0.25, -0.2) is 0 Å². The first-order valence-electron chi connectivity index (χ1n) is 8.77. The fourth-order valence-electron chi connectivity index (χ4n) is 3.83. The quantitative estimate of drug-likeness (QED) is 0.790. The Balaban J connectivity index is 1.57. The predicted molar refractivity (Wildman–Crippen MR) is 91.3 cm³/mol. The van der Waals surface area contributed by atoms with E-state index in [4.69, 9.17) is 0 Å². The summed E-state index contributed by atoms with van der Waals surface area (Å²) in [4.78, 5) is 28.3. The number of aromatic nitrogens is 2. The zero-order valence-corrected chi connectivity index (χ0v) is 14.4. The summed E-state index contributed by atoms with van der Waals surface area (Å²) in [6.45, 7) is 6.47. The number of aryl methyl sites for hydroxylation is 1. The fourth-order valence-corrected chi connectivity index (χ4v) is 3.83. The molecule has 130 valence electrons. The van der Waals surface area contributed by atoms with Gasteiger partial charge in [-0.1, -0.05) is 6.58 Å². The van der Waals surface area contributed by atoms with Crippen LogP contribution < -0.4 is 0 Å². The van der Waals surface area contributed by atoms with Crippen LogP contribution in [0, 0.1) is 5.92 Å². The number of hydrogen-bond donors (Lipinski definition) is 0. The van der Waals surface area contributed by atoms with Gasteiger partial charge >= 0.3 is 0 Å².